The van der Waals surface area contributed by atoms with Gasteiger partial charge in [-0.05, 0) is 51.3 Å². The molecule has 1 saturated heterocycles. The standard InChI is InChI=1S/C15H22N2O2/c1-10-12(14(16)18)5-4-6-13(10)17-11-7-8-19-15(2,3)9-11/h4-6,11,17H,7-9H2,1-3H3,(H2,16,18). The predicted molar refractivity (Wildman–Crippen MR) is 76.4 cm³/mol. The Kier molecular flexibility index (Phi) is 3.80. The quantitative estimate of drug-likeness (QED) is 0.879. The van der Waals surface area contributed by atoms with E-state index in [1.165, 1.54) is 0 Å². The van der Waals surface area contributed by atoms with Crippen LogP contribution in [0.15, 0.2) is 18.2 Å². The third-order valence-electron chi connectivity index (χ3n) is 3.66. The van der Waals surface area contributed by atoms with Gasteiger partial charge < -0.3 is 15.8 Å². The van der Waals surface area contributed by atoms with Crippen molar-refractivity contribution in [3.8, 4) is 0 Å². The lowest BCUT2D eigenvalue weighted by Gasteiger charge is -2.36. The van der Waals surface area contributed by atoms with Crippen LogP contribution in [-0.2, 0) is 4.74 Å². The molecular weight excluding hydrogens is 240 g/mol. The summed E-state index contributed by atoms with van der Waals surface area (Å²) < 4.78 is 5.71. The van der Waals surface area contributed by atoms with Crippen LogP contribution in [0.25, 0.3) is 0 Å². The van der Waals surface area contributed by atoms with E-state index in [4.69, 9.17) is 10.5 Å². The molecule has 1 aliphatic heterocycles. The second-order valence-electron chi connectivity index (χ2n) is 5.78. The summed E-state index contributed by atoms with van der Waals surface area (Å²) in [5.74, 6) is -0.381. The van der Waals surface area contributed by atoms with Gasteiger partial charge in [0.15, 0.2) is 0 Å². The van der Waals surface area contributed by atoms with E-state index in [0.29, 0.717) is 11.6 Å². The van der Waals surface area contributed by atoms with Crippen LogP contribution in [-0.4, -0.2) is 24.2 Å². The Morgan fingerprint density at radius 2 is 2.21 bits per heavy atom. The van der Waals surface area contributed by atoms with Crippen LogP contribution in [0.2, 0.25) is 0 Å². The molecule has 4 heteroatoms. The molecule has 1 aromatic carbocycles. The van der Waals surface area contributed by atoms with E-state index in [1.54, 1.807) is 6.07 Å². The SMILES string of the molecule is Cc1c(NC2CCOC(C)(C)C2)cccc1C(N)=O. The van der Waals surface area contributed by atoms with Crippen molar-refractivity contribution in [2.45, 2.75) is 45.3 Å². The van der Waals surface area contributed by atoms with Crippen molar-refractivity contribution in [3.63, 3.8) is 0 Å². The molecule has 4 nitrogen and oxygen atoms in total. The molecule has 104 valence electrons. The molecule has 0 spiro atoms. The van der Waals surface area contributed by atoms with Gasteiger partial charge in [-0.1, -0.05) is 6.07 Å². The van der Waals surface area contributed by atoms with E-state index in [2.05, 4.69) is 19.2 Å². The Bertz CT molecular complexity index is 483. The zero-order valence-electron chi connectivity index (χ0n) is 11.8. The first-order valence-corrected chi connectivity index (χ1v) is 6.69. The first-order valence-electron chi connectivity index (χ1n) is 6.69. The highest BCUT2D eigenvalue weighted by Gasteiger charge is 2.29. The lowest BCUT2D eigenvalue weighted by Crippen LogP contribution is -2.40. The zero-order valence-corrected chi connectivity index (χ0v) is 11.8. The molecule has 1 amide bonds. The van der Waals surface area contributed by atoms with Crippen LogP contribution in [0, 0.1) is 6.92 Å². The number of anilines is 1. The van der Waals surface area contributed by atoms with E-state index < -0.39 is 0 Å². The van der Waals surface area contributed by atoms with Crippen molar-refractivity contribution in [2.24, 2.45) is 5.73 Å². The maximum Gasteiger partial charge on any atom is 0.249 e. The Labute approximate surface area is 114 Å². The molecule has 0 saturated carbocycles. The van der Waals surface area contributed by atoms with Crippen LogP contribution in [0.5, 0.6) is 0 Å². The summed E-state index contributed by atoms with van der Waals surface area (Å²) in [6.07, 6.45) is 1.93. The maximum absolute atomic E-state index is 11.3. The largest absolute Gasteiger partial charge is 0.382 e. The maximum atomic E-state index is 11.3. The summed E-state index contributed by atoms with van der Waals surface area (Å²) >= 11 is 0. The molecule has 1 heterocycles. The fourth-order valence-electron chi connectivity index (χ4n) is 2.63. The number of amides is 1. The molecule has 1 aliphatic rings. The highest BCUT2D eigenvalue weighted by atomic mass is 16.5. The molecule has 2 rings (SSSR count). The minimum Gasteiger partial charge on any atom is -0.382 e. The number of ether oxygens (including phenoxy) is 1. The Hall–Kier alpha value is -1.55. The van der Waals surface area contributed by atoms with Crippen LogP contribution in [0.1, 0.15) is 42.6 Å². The monoisotopic (exact) mass is 262 g/mol. The smallest absolute Gasteiger partial charge is 0.249 e. The predicted octanol–water partition coefficient (Wildman–Crippen LogP) is 2.46. The van der Waals surface area contributed by atoms with Gasteiger partial charge in [0.1, 0.15) is 0 Å². The van der Waals surface area contributed by atoms with E-state index >= 15 is 0 Å². The second-order valence-corrected chi connectivity index (χ2v) is 5.78. The topological polar surface area (TPSA) is 64.3 Å². The molecule has 19 heavy (non-hydrogen) atoms. The average molecular weight is 262 g/mol. The van der Waals surface area contributed by atoms with Crippen molar-refractivity contribution in [2.75, 3.05) is 11.9 Å². The van der Waals surface area contributed by atoms with Crippen molar-refractivity contribution >= 4 is 11.6 Å². The number of nitrogens with two attached hydrogens (primary N) is 1. The number of rotatable bonds is 3. The van der Waals surface area contributed by atoms with Crippen molar-refractivity contribution in [1.82, 2.24) is 0 Å². The summed E-state index contributed by atoms with van der Waals surface area (Å²) in [6, 6.07) is 5.98. The van der Waals surface area contributed by atoms with Gasteiger partial charge in [0.2, 0.25) is 5.91 Å². The molecule has 1 fully saturated rings. The molecule has 0 bridgehead atoms. The molecule has 1 atom stereocenters. The van der Waals surface area contributed by atoms with Crippen molar-refractivity contribution in [1.29, 1.82) is 0 Å². The van der Waals surface area contributed by atoms with Gasteiger partial charge in [-0.3, -0.25) is 4.79 Å². The summed E-state index contributed by atoms with van der Waals surface area (Å²) in [4.78, 5) is 11.3. The van der Waals surface area contributed by atoms with Crippen LogP contribution in [0.3, 0.4) is 0 Å². The third-order valence-corrected chi connectivity index (χ3v) is 3.66. The molecular formula is C15H22N2O2. The second kappa shape index (κ2) is 5.21. The lowest BCUT2D eigenvalue weighted by molar-refractivity contribution is -0.0553. The van der Waals surface area contributed by atoms with Gasteiger partial charge >= 0.3 is 0 Å². The fraction of sp³-hybridized carbons (Fsp3) is 0.533. The molecule has 0 aromatic heterocycles. The Balaban J connectivity index is 2.15. The minimum atomic E-state index is -0.381. The van der Waals surface area contributed by atoms with Crippen molar-refractivity contribution < 1.29 is 9.53 Å². The highest BCUT2D eigenvalue weighted by molar-refractivity contribution is 5.95. The fourth-order valence-corrected chi connectivity index (χ4v) is 2.63. The molecule has 1 unspecified atom stereocenters. The van der Waals surface area contributed by atoms with Gasteiger partial charge in [-0.2, -0.15) is 0 Å². The van der Waals surface area contributed by atoms with Gasteiger partial charge in [-0.15, -0.1) is 0 Å². The number of primary amides is 1. The average Bonchev–Trinajstić information content (AvgIpc) is 2.30. The van der Waals surface area contributed by atoms with E-state index in [-0.39, 0.29) is 11.5 Å². The zero-order chi connectivity index (χ0) is 14.0. The van der Waals surface area contributed by atoms with Gasteiger partial charge in [0.05, 0.1) is 5.60 Å². The van der Waals surface area contributed by atoms with E-state index in [9.17, 15) is 4.79 Å². The number of carbonyl (C=O) groups is 1. The summed E-state index contributed by atoms with van der Waals surface area (Å²) in [7, 11) is 0. The normalized spacial score (nSPS) is 21.9. The number of benzene rings is 1. The number of carbonyl (C=O) groups excluding carboxylic acids is 1. The Morgan fingerprint density at radius 1 is 1.47 bits per heavy atom. The first kappa shape index (κ1) is 13.9. The number of hydrogen-bond acceptors (Lipinski definition) is 3. The lowest BCUT2D eigenvalue weighted by atomic mass is 9.93. The third kappa shape index (κ3) is 3.26. The molecule has 0 radical (unpaired) electrons. The summed E-state index contributed by atoms with van der Waals surface area (Å²) in [5, 5.41) is 3.51. The van der Waals surface area contributed by atoms with E-state index in [0.717, 1.165) is 30.7 Å². The first-order chi connectivity index (χ1) is 8.89. The van der Waals surface area contributed by atoms with Gasteiger partial charge in [-0.25, -0.2) is 0 Å². The molecule has 1 aromatic rings. The molecule has 3 N–H and O–H groups in total. The van der Waals surface area contributed by atoms with Crippen LogP contribution < -0.4 is 11.1 Å². The molecule has 0 aliphatic carbocycles. The van der Waals surface area contributed by atoms with Gasteiger partial charge in [0.25, 0.3) is 0 Å². The summed E-state index contributed by atoms with van der Waals surface area (Å²) in [5.41, 5.74) is 7.76. The minimum absolute atomic E-state index is 0.0921. The number of hydrogen-bond donors (Lipinski definition) is 2. The van der Waals surface area contributed by atoms with Crippen LogP contribution in [0.4, 0.5) is 5.69 Å². The van der Waals surface area contributed by atoms with Crippen LogP contribution >= 0.6 is 0 Å². The van der Waals surface area contributed by atoms with Crippen molar-refractivity contribution in [3.05, 3.63) is 29.3 Å². The van der Waals surface area contributed by atoms with E-state index in [1.807, 2.05) is 19.1 Å². The highest BCUT2D eigenvalue weighted by Crippen LogP contribution is 2.28. The summed E-state index contributed by atoms with van der Waals surface area (Å²) in [6.45, 7) is 6.90. The Morgan fingerprint density at radius 3 is 2.84 bits per heavy atom. The number of nitrogens with one attached hydrogen (secondary N) is 1. The van der Waals surface area contributed by atoms with Gasteiger partial charge in [0, 0.05) is 23.9 Å².